The van der Waals surface area contributed by atoms with E-state index in [0.29, 0.717) is 17.3 Å². The van der Waals surface area contributed by atoms with Crippen LogP contribution < -0.4 is 10.1 Å². The van der Waals surface area contributed by atoms with Crippen LogP contribution in [0.25, 0.3) is 10.6 Å². The Labute approximate surface area is 131 Å². The molecule has 0 spiro atoms. The van der Waals surface area contributed by atoms with Crippen LogP contribution in [0.15, 0.2) is 41.9 Å². The number of nitrogens with zero attached hydrogens (tertiary/aromatic N) is 3. The Morgan fingerprint density at radius 2 is 2.23 bits per heavy atom. The number of anilines is 1. The number of hydrogen-bond donors (Lipinski definition) is 1. The number of aryl methyl sites for hydroxylation is 1. The van der Waals surface area contributed by atoms with E-state index in [-0.39, 0.29) is 5.91 Å². The molecule has 112 valence electrons. The van der Waals surface area contributed by atoms with Crippen molar-refractivity contribution in [2.75, 3.05) is 12.4 Å². The van der Waals surface area contributed by atoms with E-state index < -0.39 is 0 Å². The molecule has 0 aliphatic rings. The monoisotopic (exact) mass is 314 g/mol. The van der Waals surface area contributed by atoms with Gasteiger partial charge in [0.1, 0.15) is 11.4 Å². The first-order chi connectivity index (χ1) is 10.7. The first-order valence-electron chi connectivity index (χ1n) is 6.56. The smallest absolute Gasteiger partial charge is 0.273 e. The summed E-state index contributed by atoms with van der Waals surface area (Å²) in [4.78, 5) is 17.4. The molecule has 0 aliphatic carbocycles. The van der Waals surface area contributed by atoms with Gasteiger partial charge in [0, 0.05) is 13.1 Å². The summed E-state index contributed by atoms with van der Waals surface area (Å²) in [6.07, 6.45) is 1.55. The maximum absolute atomic E-state index is 12.3. The molecular weight excluding hydrogens is 300 g/mol. The summed E-state index contributed by atoms with van der Waals surface area (Å²) in [7, 11) is 3.29. The zero-order valence-electron chi connectivity index (χ0n) is 12.1. The number of pyridine rings is 1. The molecule has 0 saturated carbocycles. The van der Waals surface area contributed by atoms with Gasteiger partial charge in [0.2, 0.25) is 5.88 Å². The average Bonchev–Trinajstić information content (AvgIpc) is 3.17. The maximum Gasteiger partial charge on any atom is 0.273 e. The second-order valence-electron chi connectivity index (χ2n) is 4.56. The molecule has 0 bridgehead atoms. The Hall–Kier alpha value is -2.67. The standard InChI is InChI=1S/C15H14N4O2S/c1-19-12(8-11(18-19)13-4-3-7-22-13)15(20)17-10-5-6-14(21-2)16-9-10/h3-9H,1-2H3,(H,17,20). The summed E-state index contributed by atoms with van der Waals surface area (Å²) in [6, 6.07) is 9.13. The Morgan fingerprint density at radius 1 is 1.36 bits per heavy atom. The number of rotatable bonds is 4. The average molecular weight is 314 g/mol. The van der Waals surface area contributed by atoms with E-state index in [1.165, 1.54) is 0 Å². The number of amides is 1. The van der Waals surface area contributed by atoms with Gasteiger partial charge in [0.25, 0.3) is 5.91 Å². The second kappa shape index (κ2) is 5.98. The Morgan fingerprint density at radius 3 is 2.86 bits per heavy atom. The van der Waals surface area contributed by atoms with Crippen molar-refractivity contribution in [2.45, 2.75) is 0 Å². The summed E-state index contributed by atoms with van der Waals surface area (Å²) in [5, 5.41) is 9.15. The minimum Gasteiger partial charge on any atom is -0.481 e. The Kier molecular flexibility index (Phi) is 3.88. The molecule has 0 unspecified atom stereocenters. The van der Waals surface area contributed by atoms with Crippen LogP contribution in [0, 0.1) is 0 Å². The van der Waals surface area contributed by atoms with E-state index in [1.54, 1.807) is 54.6 Å². The highest BCUT2D eigenvalue weighted by Crippen LogP contribution is 2.24. The Bertz CT molecular complexity index is 778. The lowest BCUT2D eigenvalue weighted by molar-refractivity contribution is 0.101. The zero-order chi connectivity index (χ0) is 15.5. The topological polar surface area (TPSA) is 69.0 Å². The predicted molar refractivity (Wildman–Crippen MR) is 85.3 cm³/mol. The lowest BCUT2D eigenvalue weighted by Gasteiger charge is -2.05. The molecule has 3 aromatic rings. The van der Waals surface area contributed by atoms with Crippen molar-refractivity contribution in [3.8, 4) is 16.5 Å². The second-order valence-corrected chi connectivity index (χ2v) is 5.51. The molecule has 0 radical (unpaired) electrons. The van der Waals surface area contributed by atoms with Crippen LogP contribution in [0.5, 0.6) is 5.88 Å². The van der Waals surface area contributed by atoms with Crippen molar-refractivity contribution in [1.29, 1.82) is 0 Å². The molecule has 0 aliphatic heterocycles. The van der Waals surface area contributed by atoms with E-state index in [0.717, 1.165) is 10.6 Å². The normalized spacial score (nSPS) is 10.5. The van der Waals surface area contributed by atoms with Crippen LogP contribution in [-0.4, -0.2) is 27.8 Å². The highest BCUT2D eigenvalue weighted by Gasteiger charge is 2.15. The maximum atomic E-state index is 12.3. The van der Waals surface area contributed by atoms with Crippen molar-refractivity contribution in [3.63, 3.8) is 0 Å². The lowest BCUT2D eigenvalue weighted by Crippen LogP contribution is -2.16. The van der Waals surface area contributed by atoms with Gasteiger partial charge in [-0.05, 0) is 23.6 Å². The molecule has 6 nitrogen and oxygen atoms in total. The minimum absolute atomic E-state index is 0.232. The van der Waals surface area contributed by atoms with Gasteiger partial charge < -0.3 is 10.1 Å². The fraction of sp³-hybridized carbons (Fsp3) is 0.133. The Balaban J connectivity index is 1.80. The molecule has 0 saturated heterocycles. The zero-order valence-corrected chi connectivity index (χ0v) is 12.9. The lowest BCUT2D eigenvalue weighted by atomic mass is 10.3. The highest BCUT2D eigenvalue weighted by atomic mass is 32.1. The van der Waals surface area contributed by atoms with E-state index >= 15 is 0 Å². The first kappa shape index (κ1) is 14.3. The van der Waals surface area contributed by atoms with E-state index in [9.17, 15) is 4.79 Å². The van der Waals surface area contributed by atoms with Crippen LogP contribution in [0.2, 0.25) is 0 Å². The van der Waals surface area contributed by atoms with E-state index in [4.69, 9.17) is 4.74 Å². The minimum atomic E-state index is -0.232. The van der Waals surface area contributed by atoms with Gasteiger partial charge >= 0.3 is 0 Å². The number of methoxy groups -OCH3 is 1. The van der Waals surface area contributed by atoms with Crippen LogP contribution in [0.4, 0.5) is 5.69 Å². The molecule has 3 heterocycles. The molecule has 0 atom stereocenters. The van der Waals surface area contributed by atoms with Gasteiger partial charge in [-0.3, -0.25) is 9.48 Å². The third-order valence-corrected chi connectivity index (χ3v) is 3.98. The van der Waals surface area contributed by atoms with Crippen molar-refractivity contribution in [3.05, 3.63) is 47.6 Å². The summed E-state index contributed by atoms with van der Waals surface area (Å²) >= 11 is 1.59. The molecule has 3 aromatic heterocycles. The largest absolute Gasteiger partial charge is 0.481 e. The first-order valence-corrected chi connectivity index (χ1v) is 7.44. The molecule has 1 amide bonds. The highest BCUT2D eigenvalue weighted by molar-refractivity contribution is 7.13. The van der Waals surface area contributed by atoms with E-state index in [2.05, 4.69) is 15.4 Å². The molecular formula is C15H14N4O2S. The van der Waals surface area contributed by atoms with Gasteiger partial charge in [-0.25, -0.2) is 4.98 Å². The van der Waals surface area contributed by atoms with Crippen LogP contribution in [0.1, 0.15) is 10.5 Å². The fourth-order valence-corrected chi connectivity index (χ4v) is 2.68. The summed E-state index contributed by atoms with van der Waals surface area (Å²) in [5.41, 5.74) is 1.87. The van der Waals surface area contributed by atoms with Gasteiger partial charge in [-0.1, -0.05) is 6.07 Å². The van der Waals surface area contributed by atoms with Crippen LogP contribution in [0.3, 0.4) is 0 Å². The number of thiophene rings is 1. The van der Waals surface area contributed by atoms with Gasteiger partial charge in [0.15, 0.2) is 0 Å². The number of carbonyl (C=O) groups is 1. The number of carbonyl (C=O) groups excluding carboxylic acids is 1. The number of hydrogen-bond acceptors (Lipinski definition) is 5. The number of nitrogens with one attached hydrogen (secondary N) is 1. The predicted octanol–water partition coefficient (Wildman–Crippen LogP) is 2.80. The van der Waals surface area contributed by atoms with Crippen LogP contribution >= 0.6 is 11.3 Å². The fourth-order valence-electron chi connectivity index (χ4n) is 1.99. The van der Waals surface area contributed by atoms with E-state index in [1.807, 2.05) is 17.5 Å². The molecule has 0 aromatic carbocycles. The molecule has 1 N–H and O–H groups in total. The third-order valence-electron chi connectivity index (χ3n) is 3.09. The van der Waals surface area contributed by atoms with Gasteiger partial charge in [-0.2, -0.15) is 5.10 Å². The summed E-state index contributed by atoms with van der Waals surface area (Å²) in [6.45, 7) is 0. The third kappa shape index (κ3) is 2.84. The number of aromatic nitrogens is 3. The van der Waals surface area contributed by atoms with Crippen molar-refractivity contribution < 1.29 is 9.53 Å². The molecule has 7 heteroatoms. The van der Waals surface area contributed by atoms with Crippen molar-refractivity contribution >= 4 is 22.9 Å². The van der Waals surface area contributed by atoms with Crippen LogP contribution in [-0.2, 0) is 7.05 Å². The molecule has 22 heavy (non-hydrogen) atoms. The summed E-state index contributed by atoms with van der Waals surface area (Å²) < 4.78 is 6.56. The SMILES string of the molecule is COc1ccc(NC(=O)c2cc(-c3cccs3)nn2C)cn1. The van der Waals surface area contributed by atoms with Crippen molar-refractivity contribution in [2.24, 2.45) is 7.05 Å². The summed E-state index contributed by atoms with van der Waals surface area (Å²) in [5.74, 6) is 0.267. The molecule has 3 rings (SSSR count). The van der Waals surface area contributed by atoms with Gasteiger partial charge in [0.05, 0.1) is 23.9 Å². The molecule has 0 fully saturated rings. The number of ether oxygens (including phenoxy) is 1. The quantitative estimate of drug-likeness (QED) is 0.804. The van der Waals surface area contributed by atoms with Gasteiger partial charge in [-0.15, -0.1) is 11.3 Å². The van der Waals surface area contributed by atoms with Crippen molar-refractivity contribution in [1.82, 2.24) is 14.8 Å².